The van der Waals surface area contributed by atoms with E-state index in [1.807, 2.05) is 0 Å². The summed E-state index contributed by atoms with van der Waals surface area (Å²) in [5.74, 6) is -0.0473. The Morgan fingerprint density at radius 2 is 2.25 bits per heavy atom. The van der Waals surface area contributed by atoms with Crippen LogP contribution in [0.5, 0.6) is 0 Å². The highest BCUT2D eigenvalue weighted by Crippen LogP contribution is 2.44. The number of pyridine rings is 1. The summed E-state index contributed by atoms with van der Waals surface area (Å²) in [5, 5.41) is 9.73. The molecule has 0 bridgehead atoms. The lowest BCUT2D eigenvalue weighted by Crippen LogP contribution is -2.25. The van der Waals surface area contributed by atoms with Crippen LogP contribution < -0.4 is 0 Å². The molecule has 4 nitrogen and oxygen atoms in total. The number of nitrogens with zero attached hydrogens (tertiary/aromatic N) is 1. The Balaban J connectivity index is 1.55. The predicted molar refractivity (Wildman–Crippen MR) is 77.2 cm³/mol. The minimum atomic E-state index is -0.906. The molecule has 3 rings (SSSR count). The lowest BCUT2D eigenvalue weighted by Gasteiger charge is -2.23. The molecule has 1 aromatic rings. The first-order valence-electron chi connectivity index (χ1n) is 7.17. The van der Waals surface area contributed by atoms with Gasteiger partial charge in [-0.15, -0.1) is 11.8 Å². The van der Waals surface area contributed by atoms with E-state index >= 15 is 0 Å². The van der Waals surface area contributed by atoms with Crippen molar-refractivity contribution in [2.24, 2.45) is 0 Å². The number of rotatable bonds is 4. The standard InChI is InChI=1S/C15H19NO3S/c17-14(18)11-4-8-16-13(9-11)20-10-12-3-7-15(19-12)5-1-2-6-15/h4,8-9,12H,1-3,5-7,10H2,(H,17,18). The largest absolute Gasteiger partial charge is 0.478 e. The smallest absolute Gasteiger partial charge is 0.335 e. The third-order valence-corrected chi connectivity index (χ3v) is 5.31. The van der Waals surface area contributed by atoms with Crippen molar-refractivity contribution in [2.45, 2.75) is 55.3 Å². The Bertz CT molecular complexity index is 500. The number of aromatic nitrogens is 1. The Hall–Kier alpha value is -1.07. The fraction of sp³-hybridized carbons (Fsp3) is 0.600. The van der Waals surface area contributed by atoms with Crippen molar-refractivity contribution >= 4 is 17.7 Å². The molecule has 1 N–H and O–H groups in total. The summed E-state index contributed by atoms with van der Waals surface area (Å²) in [6.45, 7) is 0. The molecule has 0 aromatic carbocycles. The second-order valence-electron chi connectivity index (χ2n) is 5.67. The average Bonchev–Trinajstić information content (AvgIpc) is 3.08. The molecule has 1 aliphatic heterocycles. The molecule has 2 fully saturated rings. The molecule has 1 unspecified atom stereocenters. The van der Waals surface area contributed by atoms with Crippen molar-refractivity contribution in [2.75, 3.05) is 5.75 Å². The molecule has 5 heteroatoms. The van der Waals surface area contributed by atoms with Gasteiger partial charge in [0.2, 0.25) is 0 Å². The first-order valence-corrected chi connectivity index (χ1v) is 8.15. The molecule has 1 aromatic heterocycles. The van der Waals surface area contributed by atoms with Crippen molar-refractivity contribution in [3.05, 3.63) is 23.9 Å². The van der Waals surface area contributed by atoms with Crippen LogP contribution >= 0.6 is 11.8 Å². The van der Waals surface area contributed by atoms with Gasteiger partial charge in [0.15, 0.2) is 0 Å². The average molecular weight is 293 g/mol. The summed E-state index contributed by atoms with van der Waals surface area (Å²) in [6, 6.07) is 3.15. The summed E-state index contributed by atoms with van der Waals surface area (Å²) in [6.07, 6.45) is 9.14. The minimum Gasteiger partial charge on any atom is -0.478 e. The Labute approximate surface area is 122 Å². The van der Waals surface area contributed by atoms with Gasteiger partial charge in [-0.3, -0.25) is 0 Å². The highest BCUT2D eigenvalue weighted by Gasteiger charge is 2.41. The molecule has 2 aliphatic rings. The number of carbonyl (C=O) groups is 1. The van der Waals surface area contributed by atoms with Crippen LogP contribution in [0, 0.1) is 0 Å². The maximum absolute atomic E-state index is 10.9. The van der Waals surface area contributed by atoms with E-state index in [4.69, 9.17) is 9.84 Å². The van der Waals surface area contributed by atoms with E-state index < -0.39 is 5.97 Å². The number of carboxylic acid groups (broad SMARTS) is 1. The van der Waals surface area contributed by atoms with Crippen LogP contribution in [0.15, 0.2) is 23.4 Å². The molecule has 0 radical (unpaired) electrons. The van der Waals surface area contributed by atoms with Crippen molar-refractivity contribution < 1.29 is 14.6 Å². The van der Waals surface area contributed by atoms with Gasteiger partial charge < -0.3 is 9.84 Å². The maximum atomic E-state index is 10.9. The number of ether oxygens (including phenoxy) is 1. The van der Waals surface area contributed by atoms with Gasteiger partial charge >= 0.3 is 5.97 Å². The summed E-state index contributed by atoms with van der Waals surface area (Å²) in [7, 11) is 0. The summed E-state index contributed by atoms with van der Waals surface area (Å²) < 4.78 is 6.24. The van der Waals surface area contributed by atoms with Gasteiger partial charge in [-0.1, -0.05) is 12.8 Å². The molecule has 1 saturated heterocycles. The van der Waals surface area contributed by atoms with Gasteiger partial charge in [0.25, 0.3) is 0 Å². The van der Waals surface area contributed by atoms with Crippen LogP contribution in [-0.4, -0.2) is 33.5 Å². The number of carboxylic acids is 1. The van der Waals surface area contributed by atoms with Crippen molar-refractivity contribution in [3.63, 3.8) is 0 Å². The molecule has 1 aliphatic carbocycles. The number of aromatic carboxylic acids is 1. The van der Waals surface area contributed by atoms with Crippen molar-refractivity contribution in [1.29, 1.82) is 0 Å². The number of thioether (sulfide) groups is 1. The van der Waals surface area contributed by atoms with Crippen LogP contribution in [0.3, 0.4) is 0 Å². The van der Waals surface area contributed by atoms with Crippen LogP contribution in [-0.2, 0) is 4.74 Å². The van der Waals surface area contributed by atoms with E-state index in [0.29, 0.717) is 5.56 Å². The molecular formula is C15H19NO3S. The Morgan fingerprint density at radius 3 is 3.00 bits per heavy atom. The molecular weight excluding hydrogens is 274 g/mol. The zero-order valence-corrected chi connectivity index (χ0v) is 12.2. The third-order valence-electron chi connectivity index (χ3n) is 4.25. The third kappa shape index (κ3) is 2.99. The summed E-state index contributed by atoms with van der Waals surface area (Å²) in [5.41, 5.74) is 0.462. The van der Waals surface area contributed by atoms with Crippen LogP contribution in [0.2, 0.25) is 0 Å². The molecule has 108 valence electrons. The van der Waals surface area contributed by atoms with Crippen LogP contribution in [0.4, 0.5) is 0 Å². The monoisotopic (exact) mass is 293 g/mol. The highest BCUT2D eigenvalue weighted by atomic mass is 32.2. The normalized spacial score (nSPS) is 24.3. The van der Waals surface area contributed by atoms with Gasteiger partial charge in [0, 0.05) is 11.9 Å². The first kappa shape index (κ1) is 13.9. The SMILES string of the molecule is O=C(O)c1ccnc(SCC2CCC3(CCCC3)O2)c1. The van der Waals surface area contributed by atoms with E-state index in [1.54, 1.807) is 24.0 Å². The highest BCUT2D eigenvalue weighted by molar-refractivity contribution is 7.99. The fourth-order valence-corrected chi connectivity index (χ4v) is 4.14. The van der Waals surface area contributed by atoms with E-state index in [0.717, 1.165) is 17.2 Å². The summed E-state index contributed by atoms with van der Waals surface area (Å²) in [4.78, 5) is 15.1. The van der Waals surface area contributed by atoms with Gasteiger partial charge in [-0.25, -0.2) is 9.78 Å². The molecule has 0 amide bonds. The Morgan fingerprint density at radius 1 is 1.45 bits per heavy atom. The maximum Gasteiger partial charge on any atom is 0.335 e. The van der Waals surface area contributed by atoms with Crippen molar-refractivity contribution in [3.8, 4) is 0 Å². The summed E-state index contributed by atoms with van der Waals surface area (Å²) >= 11 is 1.59. The zero-order chi connectivity index (χ0) is 14.0. The van der Waals surface area contributed by atoms with Crippen LogP contribution in [0.1, 0.15) is 48.9 Å². The van der Waals surface area contributed by atoms with Gasteiger partial charge in [-0.05, 0) is 37.8 Å². The lowest BCUT2D eigenvalue weighted by molar-refractivity contribution is -0.0267. The minimum absolute atomic E-state index is 0.168. The first-order chi connectivity index (χ1) is 9.67. The topological polar surface area (TPSA) is 59.4 Å². The van der Waals surface area contributed by atoms with Gasteiger partial charge in [-0.2, -0.15) is 0 Å². The second kappa shape index (κ2) is 5.74. The molecule has 1 atom stereocenters. The van der Waals surface area contributed by atoms with E-state index in [9.17, 15) is 4.79 Å². The molecule has 2 heterocycles. The lowest BCUT2D eigenvalue weighted by atomic mass is 9.98. The second-order valence-corrected chi connectivity index (χ2v) is 6.71. The molecule has 1 spiro atoms. The molecule has 20 heavy (non-hydrogen) atoms. The van der Waals surface area contributed by atoms with Crippen molar-refractivity contribution in [1.82, 2.24) is 4.98 Å². The van der Waals surface area contributed by atoms with E-state index in [-0.39, 0.29) is 11.7 Å². The number of hydrogen-bond acceptors (Lipinski definition) is 4. The van der Waals surface area contributed by atoms with Crippen LogP contribution in [0.25, 0.3) is 0 Å². The van der Waals surface area contributed by atoms with Gasteiger partial charge in [0.1, 0.15) is 0 Å². The predicted octanol–water partition coefficient (Wildman–Crippen LogP) is 3.36. The van der Waals surface area contributed by atoms with E-state index in [2.05, 4.69) is 4.98 Å². The fourth-order valence-electron chi connectivity index (χ4n) is 3.20. The quantitative estimate of drug-likeness (QED) is 0.863. The Kier molecular flexibility index (Phi) is 3.98. The number of hydrogen-bond donors (Lipinski definition) is 1. The van der Waals surface area contributed by atoms with Gasteiger partial charge in [0.05, 0.1) is 22.3 Å². The zero-order valence-electron chi connectivity index (χ0n) is 11.4. The van der Waals surface area contributed by atoms with E-state index in [1.165, 1.54) is 38.2 Å². The molecule has 1 saturated carbocycles.